The number of halogens is 3. The van der Waals surface area contributed by atoms with Gasteiger partial charge in [-0.3, -0.25) is 0 Å². The highest BCUT2D eigenvalue weighted by atomic mass is 35.5. The SMILES string of the molecule is Clc1csc(CNc2ccc(Cl)c(Cl)c2)c1. The first-order valence-corrected chi connectivity index (χ1v) is 6.58. The van der Waals surface area contributed by atoms with Gasteiger partial charge in [-0.2, -0.15) is 0 Å². The van der Waals surface area contributed by atoms with Crippen LogP contribution in [0.25, 0.3) is 0 Å². The smallest absolute Gasteiger partial charge is 0.0612 e. The standard InChI is InChI=1S/C11H8Cl3NS/c12-7-3-9(16-6-7)5-15-8-1-2-10(13)11(14)4-8/h1-4,6,15H,5H2. The number of nitrogens with one attached hydrogen (secondary N) is 1. The van der Waals surface area contributed by atoms with Gasteiger partial charge in [0.15, 0.2) is 0 Å². The Labute approximate surface area is 113 Å². The Morgan fingerprint density at radius 2 is 1.88 bits per heavy atom. The molecule has 84 valence electrons. The minimum atomic E-state index is 0.552. The fraction of sp³-hybridized carbons (Fsp3) is 0.0909. The number of thiophene rings is 1. The van der Waals surface area contributed by atoms with Crippen molar-refractivity contribution in [3.8, 4) is 0 Å². The summed E-state index contributed by atoms with van der Waals surface area (Å²) in [5, 5.41) is 7.05. The Hall–Kier alpha value is -0.410. The van der Waals surface area contributed by atoms with E-state index in [0.29, 0.717) is 10.0 Å². The van der Waals surface area contributed by atoms with Gasteiger partial charge in [0.1, 0.15) is 0 Å². The monoisotopic (exact) mass is 291 g/mol. The molecule has 1 N–H and O–H groups in total. The van der Waals surface area contributed by atoms with E-state index in [4.69, 9.17) is 34.8 Å². The molecule has 0 radical (unpaired) electrons. The van der Waals surface area contributed by atoms with E-state index in [1.54, 1.807) is 23.5 Å². The molecule has 0 bridgehead atoms. The second-order valence-electron chi connectivity index (χ2n) is 3.21. The molecule has 0 spiro atoms. The first-order valence-electron chi connectivity index (χ1n) is 4.57. The van der Waals surface area contributed by atoms with Crippen LogP contribution in [0.1, 0.15) is 4.88 Å². The van der Waals surface area contributed by atoms with Gasteiger partial charge in [0.2, 0.25) is 0 Å². The van der Waals surface area contributed by atoms with Crippen LogP contribution in [0.15, 0.2) is 29.6 Å². The molecule has 0 atom stereocenters. The predicted octanol–water partition coefficient (Wildman–Crippen LogP) is 5.32. The quantitative estimate of drug-likeness (QED) is 0.807. The summed E-state index contributed by atoms with van der Waals surface area (Å²) in [6, 6.07) is 7.41. The van der Waals surface area contributed by atoms with Crippen molar-refractivity contribution in [2.75, 3.05) is 5.32 Å². The number of hydrogen-bond acceptors (Lipinski definition) is 2. The molecule has 0 aliphatic rings. The highest BCUT2D eigenvalue weighted by Gasteiger charge is 2.01. The topological polar surface area (TPSA) is 12.0 Å². The largest absolute Gasteiger partial charge is 0.380 e. The van der Waals surface area contributed by atoms with E-state index in [0.717, 1.165) is 17.3 Å². The van der Waals surface area contributed by atoms with Gasteiger partial charge in [0, 0.05) is 22.5 Å². The first kappa shape index (κ1) is 12.1. The van der Waals surface area contributed by atoms with Crippen molar-refractivity contribution in [1.29, 1.82) is 0 Å². The molecule has 1 heterocycles. The minimum Gasteiger partial charge on any atom is -0.380 e. The third-order valence-corrected chi connectivity index (χ3v) is 4.03. The lowest BCUT2D eigenvalue weighted by Gasteiger charge is -2.05. The summed E-state index contributed by atoms with van der Waals surface area (Å²) in [5.41, 5.74) is 0.943. The molecule has 1 nitrogen and oxygen atoms in total. The maximum absolute atomic E-state index is 5.91. The molecule has 5 heteroatoms. The van der Waals surface area contributed by atoms with E-state index in [1.807, 2.05) is 17.5 Å². The molecule has 1 aromatic carbocycles. The van der Waals surface area contributed by atoms with Crippen LogP contribution in [-0.2, 0) is 6.54 Å². The van der Waals surface area contributed by atoms with Gasteiger partial charge in [-0.05, 0) is 24.3 Å². The van der Waals surface area contributed by atoms with Gasteiger partial charge >= 0.3 is 0 Å². The molecule has 0 unspecified atom stereocenters. The number of hydrogen-bond donors (Lipinski definition) is 1. The first-order chi connectivity index (χ1) is 7.65. The molecule has 2 rings (SSSR count). The van der Waals surface area contributed by atoms with Crippen molar-refractivity contribution >= 4 is 51.8 Å². The molecular formula is C11H8Cl3NS. The van der Waals surface area contributed by atoms with Crippen molar-refractivity contribution in [2.45, 2.75) is 6.54 Å². The molecule has 1 aromatic heterocycles. The molecular weight excluding hydrogens is 285 g/mol. The van der Waals surface area contributed by atoms with Crippen LogP contribution in [0, 0.1) is 0 Å². The normalized spacial score (nSPS) is 10.4. The highest BCUT2D eigenvalue weighted by molar-refractivity contribution is 7.10. The zero-order valence-corrected chi connectivity index (χ0v) is 11.2. The van der Waals surface area contributed by atoms with Crippen molar-refractivity contribution in [2.24, 2.45) is 0 Å². The molecule has 0 aliphatic carbocycles. The molecule has 2 aromatic rings. The summed E-state index contributed by atoms with van der Waals surface area (Å²) in [6.07, 6.45) is 0. The van der Waals surface area contributed by atoms with Gasteiger partial charge in [-0.25, -0.2) is 0 Å². The number of rotatable bonds is 3. The summed E-state index contributed by atoms with van der Waals surface area (Å²) in [6.45, 7) is 0.731. The predicted molar refractivity (Wildman–Crippen MR) is 73.1 cm³/mol. The minimum absolute atomic E-state index is 0.552. The second-order valence-corrected chi connectivity index (χ2v) is 5.46. The van der Waals surface area contributed by atoms with Crippen LogP contribution >= 0.6 is 46.1 Å². The molecule has 0 saturated heterocycles. The number of benzene rings is 1. The van der Waals surface area contributed by atoms with Gasteiger partial charge in [0.05, 0.1) is 15.1 Å². The fourth-order valence-corrected chi connectivity index (χ4v) is 2.55. The lowest BCUT2D eigenvalue weighted by Crippen LogP contribution is -1.96. The van der Waals surface area contributed by atoms with E-state index in [-0.39, 0.29) is 0 Å². The number of anilines is 1. The van der Waals surface area contributed by atoms with Crippen LogP contribution < -0.4 is 5.32 Å². The average Bonchev–Trinajstić information content (AvgIpc) is 2.66. The van der Waals surface area contributed by atoms with Gasteiger partial charge < -0.3 is 5.32 Å². The molecule has 0 fully saturated rings. The molecule has 16 heavy (non-hydrogen) atoms. The van der Waals surface area contributed by atoms with Crippen LogP contribution in [-0.4, -0.2) is 0 Å². The zero-order valence-electron chi connectivity index (χ0n) is 8.14. The summed E-state index contributed by atoms with van der Waals surface area (Å²) >= 11 is 19.2. The van der Waals surface area contributed by atoms with Crippen molar-refractivity contribution < 1.29 is 0 Å². The summed E-state index contributed by atoms with van der Waals surface area (Å²) in [5.74, 6) is 0. The highest BCUT2D eigenvalue weighted by Crippen LogP contribution is 2.26. The Morgan fingerprint density at radius 1 is 1.06 bits per heavy atom. The van der Waals surface area contributed by atoms with Crippen LogP contribution in [0.4, 0.5) is 5.69 Å². The Balaban J connectivity index is 2.02. The fourth-order valence-electron chi connectivity index (χ4n) is 1.24. The summed E-state index contributed by atoms with van der Waals surface area (Å²) in [7, 11) is 0. The van der Waals surface area contributed by atoms with Gasteiger partial charge in [0.25, 0.3) is 0 Å². The maximum atomic E-state index is 5.91. The van der Waals surface area contributed by atoms with E-state index in [9.17, 15) is 0 Å². The molecule has 0 saturated carbocycles. The zero-order chi connectivity index (χ0) is 11.5. The summed E-state index contributed by atoms with van der Waals surface area (Å²) in [4.78, 5) is 1.18. The van der Waals surface area contributed by atoms with E-state index in [1.165, 1.54) is 4.88 Å². The Bertz CT molecular complexity index is 496. The molecule has 0 aliphatic heterocycles. The lowest BCUT2D eigenvalue weighted by atomic mass is 10.3. The van der Waals surface area contributed by atoms with Crippen LogP contribution in [0.2, 0.25) is 15.1 Å². The third kappa shape index (κ3) is 3.05. The van der Waals surface area contributed by atoms with Crippen LogP contribution in [0.3, 0.4) is 0 Å². The third-order valence-electron chi connectivity index (χ3n) is 2.01. The van der Waals surface area contributed by atoms with Crippen LogP contribution in [0.5, 0.6) is 0 Å². The Morgan fingerprint density at radius 3 is 2.50 bits per heavy atom. The van der Waals surface area contributed by atoms with E-state index < -0.39 is 0 Å². The van der Waals surface area contributed by atoms with E-state index >= 15 is 0 Å². The van der Waals surface area contributed by atoms with Gasteiger partial charge in [-0.1, -0.05) is 34.8 Å². The average molecular weight is 293 g/mol. The molecule has 0 amide bonds. The Kier molecular flexibility index (Phi) is 3.98. The van der Waals surface area contributed by atoms with Crippen molar-refractivity contribution in [3.05, 3.63) is 49.6 Å². The van der Waals surface area contributed by atoms with Crippen molar-refractivity contribution in [3.63, 3.8) is 0 Å². The maximum Gasteiger partial charge on any atom is 0.0612 e. The van der Waals surface area contributed by atoms with Crippen molar-refractivity contribution in [1.82, 2.24) is 0 Å². The second kappa shape index (κ2) is 5.28. The van der Waals surface area contributed by atoms with Gasteiger partial charge in [-0.15, -0.1) is 11.3 Å². The summed E-state index contributed by atoms with van der Waals surface area (Å²) < 4.78 is 0. The van der Waals surface area contributed by atoms with E-state index in [2.05, 4.69) is 5.32 Å². The lowest BCUT2D eigenvalue weighted by molar-refractivity contribution is 1.19.